The minimum absolute atomic E-state index is 0.562. The molecule has 1 saturated carbocycles. The van der Waals surface area contributed by atoms with Crippen LogP contribution < -0.4 is 5.32 Å². The summed E-state index contributed by atoms with van der Waals surface area (Å²) in [5, 5.41) is 7.99. The first kappa shape index (κ1) is 15.5. The lowest BCUT2D eigenvalue weighted by molar-refractivity contribution is 0.215. The average Bonchev–Trinajstić information content (AvgIpc) is 2.94. The summed E-state index contributed by atoms with van der Waals surface area (Å²) in [6.45, 7) is 8.62. The molecule has 2 rings (SSSR count). The maximum absolute atomic E-state index is 4.45. The van der Waals surface area contributed by atoms with Gasteiger partial charge in [0, 0.05) is 19.0 Å². The molecule has 1 atom stereocenters. The van der Waals surface area contributed by atoms with E-state index >= 15 is 0 Å². The number of likely N-dealkylation sites (N-methyl/N-ethyl adjacent to an activating group) is 1. The van der Waals surface area contributed by atoms with E-state index in [1.54, 1.807) is 6.33 Å². The Hall–Kier alpha value is -0.900. The molecular formula is C16H30N4. The van der Waals surface area contributed by atoms with Crippen molar-refractivity contribution in [1.82, 2.24) is 20.1 Å². The van der Waals surface area contributed by atoms with Crippen LogP contribution in [0.25, 0.3) is 0 Å². The van der Waals surface area contributed by atoms with Crippen LogP contribution in [0.15, 0.2) is 6.33 Å². The van der Waals surface area contributed by atoms with Gasteiger partial charge in [0.05, 0.1) is 0 Å². The first-order chi connectivity index (χ1) is 9.78. The van der Waals surface area contributed by atoms with Crippen LogP contribution in [0.1, 0.15) is 58.7 Å². The van der Waals surface area contributed by atoms with Crippen molar-refractivity contribution in [1.29, 1.82) is 0 Å². The minimum Gasteiger partial charge on any atom is -0.314 e. The highest BCUT2D eigenvalue weighted by Gasteiger charge is 2.27. The third-order valence-electron chi connectivity index (χ3n) is 4.90. The fourth-order valence-corrected chi connectivity index (χ4v) is 3.57. The summed E-state index contributed by atoms with van der Waals surface area (Å²) in [5.41, 5.74) is 0. The molecule has 1 fully saturated rings. The van der Waals surface area contributed by atoms with Gasteiger partial charge in [-0.25, -0.2) is 4.98 Å². The summed E-state index contributed by atoms with van der Waals surface area (Å²) in [4.78, 5) is 4.45. The summed E-state index contributed by atoms with van der Waals surface area (Å²) in [7, 11) is 0. The van der Waals surface area contributed by atoms with Gasteiger partial charge in [-0.2, -0.15) is 5.10 Å². The number of nitrogens with zero attached hydrogens (tertiary/aromatic N) is 3. The monoisotopic (exact) mass is 278 g/mol. The fraction of sp³-hybridized carbons (Fsp3) is 0.875. The van der Waals surface area contributed by atoms with E-state index in [2.05, 4.69) is 36.2 Å². The van der Waals surface area contributed by atoms with Crippen molar-refractivity contribution in [3.63, 3.8) is 0 Å². The number of aryl methyl sites for hydroxylation is 1. The number of hydrogen-bond acceptors (Lipinski definition) is 3. The van der Waals surface area contributed by atoms with E-state index < -0.39 is 0 Å². The predicted molar refractivity (Wildman–Crippen MR) is 82.6 cm³/mol. The van der Waals surface area contributed by atoms with Crippen LogP contribution in [0.4, 0.5) is 0 Å². The van der Waals surface area contributed by atoms with Crippen molar-refractivity contribution >= 4 is 0 Å². The molecule has 1 aliphatic carbocycles. The molecule has 1 aromatic rings. The molecule has 1 aliphatic rings. The van der Waals surface area contributed by atoms with Gasteiger partial charge in [-0.1, -0.05) is 33.1 Å². The third kappa shape index (κ3) is 3.81. The molecule has 1 aromatic heterocycles. The maximum Gasteiger partial charge on any atom is 0.138 e. The number of nitrogens with one attached hydrogen (secondary N) is 1. The van der Waals surface area contributed by atoms with Crippen LogP contribution in [0.2, 0.25) is 0 Å². The summed E-state index contributed by atoms with van der Waals surface area (Å²) < 4.78 is 2.03. The summed E-state index contributed by atoms with van der Waals surface area (Å²) in [6.07, 6.45) is 9.61. The fourth-order valence-electron chi connectivity index (χ4n) is 3.57. The second-order valence-corrected chi connectivity index (χ2v) is 6.05. The maximum atomic E-state index is 4.45. The van der Waals surface area contributed by atoms with Crippen molar-refractivity contribution in [2.75, 3.05) is 6.54 Å². The molecule has 0 radical (unpaired) electrons. The van der Waals surface area contributed by atoms with Crippen LogP contribution in [0.3, 0.4) is 0 Å². The van der Waals surface area contributed by atoms with Gasteiger partial charge in [0.25, 0.3) is 0 Å². The molecule has 0 amide bonds. The molecule has 0 spiro atoms. The van der Waals surface area contributed by atoms with Crippen molar-refractivity contribution in [3.8, 4) is 0 Å². The van der Waals surface area contributed by atoms with Crippen molar-refractivity contribution in [2.24, 2.45) is 11.8 Å². The van der Waals surface area contributed by atoms with E-state index in [0.717, 1.165) is 37.2 Å². The Morgan fingerprint density at radius 2 is 2.00 bits per heavy atom. The van der Waals surface area contributed by atoms with E-state index in [-0.39, 0.29) is 0 Å². The number of hydrogen-bond donors (Lipinski definition) is 1. The molecule has 1 N–H and O–H groups in total. The first-order valence-electron chi connectivity index (χ1n) is 8.38. The number of aromatic nitrogens is 3. The standard InChI is InChI=1S/C16H30N4/c1-4-13-7-9-14(10-8-13)15(17-5-2)11-16-18-12-19-20(16)6-3/h12-15,17H,4-11H2,1-3H3. The Morgan fingerprint density at radius 1 is 1.25 bits per heavy atom. The van der Waals surface area contributed by atoms with E-state index in [1.165, 1.54) is 32.1 Å². The van der Waals surface area contributed by atoms with Gasteiger partial charge in [0.15, 0.2) is 0 Å². The van der Waals surface area contributed by atoms with Crippen molar-refractivity contribution in [3.05, 3.63) is 12.2 Å². The largest absolute Gasteiger partial charge is 0.314 e. The predicted octanol–water partition coefficient (Wildman–Crippen LogP) is 3.04. The zero-order valence-electron chi connectivity index (χ0n) is 13.3. The van der Waals surface area contributed by atoms with E-state index in [9.17, 15) is 0 Å². The zero-order chi connectivity index (χ0) is 14.4. The Labute approximate surface area is 123 Å². The number of rotatable bonds is 7. The Bertz CT molecular complexity index is 380. The first-order valence-corrected chi connectivity index (χ1v) is 8.38. The molecule has 0 aromatic carbocycles. The summed E-state index contributed by atoms with van der Waals surface area (Å²) in [6, 6.07) is 0.562. The lowest BCUT2D eigenvalue weighted by Crippen LogP contribution is -2.40. The second kappa shape index (κ2) is 7.77. The van der Waals surface area contributed by atoms with Gasteiger partial charge in [-0.05, 0) is 38.1 Å². The van der Waals surface area contributed by atoms with Crippen LogP contribution in [0.5, 0.6) is 0 Å². The van der Waals surface area contributed by atoms with Crippen LogP contribution in [-0.4, -0.2) is 27.4 Å². The van der Waals surface area contributed by atoms with Crippen molar-refractivity contribution in [2.45, 2.75) is 71.9 Å². The quantitative estimate of drug-likeness (QED) is 0.833. The van der Waals surface area contributed by atoms with E-state index in [0.29, 0.717) is 6.04 Å². The molecule has 20 heavy (non-hydrogen) atoms. The topological polar surface area (TPSA) is 42.7 Å². The third-order valence-corrected chi connectivity index (χ3v) is 4.90. The lowest BCUT2D eigenvalue weighted by Gasteiger charge is -2.34. The normalized spacial score (nSPS) is 24.8. The second-order valence-electron chi connectivity index (χ2n) is 6.05. The van der Waals surface area contributed by atoms with Gasteiger partial charge in [-0.3, -0.25) is 4.68 Å². The lowest BCUT2D eigenvalue weighted by atomic mass is 9.77. The summed E-state index contributed by atoms with van der Waals surface area (Å²) in [5.74, 6) is 2.91. The van der Waals surface area contributed by atoms with Gasteiger partial charge in [0.1, 0.15) is 12.2 Å². The Balaban J connectivity index is 1.97. The molecule has 0 bridgehead atoms. The van der Waals surface area contributed by atoms with Crippen LogP contribution >= 0.6 is 0 Å². The Kier molecular flexibility index (Phi) is 6.02. The van der Waals surface area contributed by atoms with Crippen LogP contribution in [0, 0.1) is 11.8 Å². The molecule has 1 unspecified atom stereocenters. The molecule has 4 heteroatoms. The Morgan fingerprint density at radius 3 is 2.60 bits per heavy atom. The average molecular weight is 278 g/mol. The van der Waals surface area contributed by atoms with E-state index in [4.69, 9.17) is 0 Å². The zero-order valence-corrected chi connectivity index (χ0v) is 13.3. The van der Waals surface area contributed by atoms with E-state index in [1.807, 2.05) is 4.68 Å². The van der Waals surface area contributed by atoms with Crippen LogP contribution in [-0.2, 0) is 13.0 Å². The molecule has 114 valence electrons. The van der Waals surface area contributed by atoms with Gasteiger partial charge in [-0.15, -0.1) is 0 Å². The van der Waals surface area contributed by atoms with Crippen molar-refractivity contribution < 1.29 is 0 Å². The SMILES string of the molecule is CCNC(Cc1ncnn1CC)C1CCC(CC)CC1. The smallest absolute Gasteiger partial charge is 0.138 e. The highest BCUT2D eigenvalue weighted by Crippen LogP contribution is 2.33. The van der Waals surface area contributed by atoms with Gasteiger partial charge < -0.3 is 5.32 Å². The molecule has 4 nitrogen and oxygen atoms in total. The van der Waals surface area contributed by atoms with Gasteiger partial charge in [0.2, 0.25) is 0 Å². The minimum atomic E-state index is 0.562. The molecule has 0 aliphatic heterocycles. The van der Waals surface area contributed by atoms with Gasteiger partial charge >= 0.3 is 0 Å². The molecule has 1 heterocycles. The molecule has 0 saturated heterocycles. The highest BCUT2D eigenvalue weighted by molar-refractivity contribution is 4.93. The molecular weight excluding hydrogens is 248 g/mol. The highest BCUT2D eigenvalue weighted by atomic mass is 15.3. The summed E-state index contributed by atoms with van der Waals surface area (Å²) >= 11 is 0.